The number of nitrogens with zero attached hydrogens (tertiary/aromatic N) is 2. The second kappa shape index (κ2) is 11.5. The minimum absolute atomic E-state index is 0.209. The van der Waals surface area contributed by atoms with Gasteiger partial charge in [-0.05, 0) is 61.9 Å². The lowest BCUT2D eigenvalue weighted by Gasteiger charge is -2.11. The van der Waals surface area contributed by atoms with Crippen LogP contribution in [0.25, 0.3) is 6.08 Å². The maximum atomic E-state index is 12.6. The number of carbonyl (C=O) groups is 3. The Morgan fingerprint density at radius 2 is 1.89 bits per heavy atom. The largest absolute Gasteiger partial charge is 0.497 e. The Balaban J connectivity index is 1.63. The van der Waals surface area contributed by atoms with E-state index in [0.717, 1.165) is 11.3 Å². The molecule has 1 heterocycles. The van der Waals surface area contributed by atoms with Gasteiger partial charge in [0.2, 0.25) is 11.7 Å². The Hall–Kier alpha value is -3.91. The summed E-state index contributed by atoms with van der Waals surface area (Å²) in [5, 5.41) is 7.45. The maximum absolute atomic E-state index is 12.6. The number of benzene rings is 2. The second-order valence-electron chi connectivity index (χ2n) is 7.83. The highest BCUT2D eigenvalue weighted by molar-refractivity contribution is 6.31. The third-order valence-corrected chi connectivity index (χ3v) is 5.51. The summed E-state index contributed by atoms with van der Waals surface area (Å²) >= 11 is 6.50. The number of nitrogens with one attached hydrogen (secondary N) is 1. The maximum Gasteiger partial charge on any atom is 0.331 e. The van der Waals surface area contributed by atoms with Gasteiger partial charge in [0.25, 0.3) is 0 Å². The molecule has 0 saturated carbocycles. The van der Waals surface area contributed by atoms with Crippen LogP contribution in [0.1, 0.15) is 41.0 Å². The predicted molar refractivity (Wildman–Crippen MR) is 134 cm³/mol. The number of hydrogen-bond donors (Lipinski definition) is 1. The fourth-order valence-corrected chi connectivity index (χ4v) is 3.68. The zero-order valence-electron chi connectivity index (χ0n) is 19.9. The van der Waals surface area contributed by atoms with Gasteiger partial charge in [0.1, 0.15) is 10.9 Å². The summed E-state index contributed by atoms with van der Waals surface area (Å²) in [4.78, 5) is 36.0. The van der Waals surface area contributed by atoms with Gasteiger partial charge >= 0.3 is 5.97 Å². The highest BCUT2D eigenvalue weighted by Crippen LogP contribution is 2.23. The van der Waals surface area contributed by atoms with Crippen LogP contribution in [-0.4, -0.2) is 40.7 Å². The normalized spacial score (nSPS) is 11.8. The Bertz CT molecular complexity index is 1260. The number of esters is 1. The smallest absolute Gasteiger partial charge is 0.331 e. The number of halogens is 1. The first kappa shape index (κ1) is 25.7. The molecule has 1 amide bonds. The van der Waals surface area contributed by atoms with Crippen LogP contribution in [0, 0.1) is 6.92 Å². The van der Waals surface area contributed by atoms with Crippen LogP contribution in [0.5, 0.6) is 5.75 Å². The van der Waals surface area contributed by atoms with Gasteiger partial charge in [-0.1, -0.05) is 23.7 Å². The van der Waals surface area contributed by atoms with E-state index in [4.69, 9.17) is 21.1 Å². The number of aryl methyl sites for hydroxylation is 1. The zero-order valence-corrected chi connectivity index (χ0v) is 20.6. The molecule has 1 N–H and O–H groups in total. The van der Waals surface area contributed by atoms with Crippen molar-refractivity contribution in [2.75, 3.05) is 12.4 Å². The van der Waals surface area contributed by atoms with Gasteiger partial charge in [0, 0.05) is 29.8 Å². The van der Waals surface area contributed by atoms with E-state index in [0.29, 0.717) is 34.2 Å². The van der Waals surface area contributed by atoms with Crippen molar-refractivity contribution in [3.05, 3.63) is 82.1 Å². The molecule has 0 aliphatic rings. The fraction of sp³-hybridized carbons (Fsp3) is 0.231. The predicted octanol–water partition coefficient (Wildman–Crippen LogP) is 4.69. The van der Waals surface area contributed by atoms with E-state index in [1.54, 1.807) is 43.0 Å². The van der Waals surface area contributed by atoms with Gasteiger partial charge in [0.05, 0.1) is 19.3 Å². The molecule has 1 atom stereocenters. The van der Waals surface area contributed by atoms with Crippen molar-refractivity contribution >= 4 is 41.0 Å². The van der Waals surface area contributed by atoms with Crippen molar-refractivity contribution in [3.63, 3.8) is 0 Å². The van der Waals surface area contributed by atoms with E-state index in [1.165, 1.54) is 26.0 Å². The monoisotopic (exact) mass is 495 g/mol. The lowest BCUT2D eigenvalue weighted by molar-refractivity contribution is -0.140. The summed E-state index contributed by atoms with van der Waals surface area (Å²) in [7, 11) is 1.60. The van der Waals surface area contributed by atoms with Crippen LogP contribution in [0.15, 0.2) is 54.6 Å². The van der Waals surface area contributed by atoms with Gasteiger partial charge in [-0.3, -0.25) is 9.59 Å². The first-order valence-electron chi connectivity index (χ1n) is 10.8. The highest BCUT2D eigenvalue weighted by atomic mass is 35.5. The van der Waals surface area contributed by atoms with Crippen LogP contribution in [0.2, 0.25) is 5.15 Å². The summed E-state index contributed by atoms with van der Waals surface area (Å²) in [6.45, 7) is 5.12. The number of aromatic nitrogens is 2. The Kier molecular flexibility index (Phi) is 8.43. The van der Waals surface area contributed by atoms with E-state index >= 15 is 0 Å². The minimum Gasteiger partial charge on any atom is -0.497 e. The van der Waals surface area contributed by atoms with Crippen LogP contribution in [-0.2, 0) is 20.9 Å². The molecule has 0 aliphatic carbocycles. The number of amides is 1. The van der Waals surface area contributed by atoms with Crippen molar-refractivity contribution < 1.29 is 23.9 Å². The molecule has 2 aromatic carbocycles. The summed E-state index contributed by atoms with van der Waals surface area (Å²) in [5.74, 6) is -0.518. The van der Waals surface area contributed by atoms with Gasteiger partial charge < -0.3 is 14.8 Å². The molecule has 0 bridgehead atoms. The molecule has 0 spiro atoms. The number of ketones is 1. The van der Waals surface area contributed by atoms with Crippen LogP contribution in [0.4, 0.5) is 5.69 Å². The van der Waals surface area contributed by atoms with E-state index in [1.807, 2.05) is 24.3 Å². The minimum atomic E-state index is -0.994. The van der Waals surface area contributed by atoms with Crippen LogP contribution < -0.4 is 10.1 Å². The average molecular weight is 496 g/mol. The Labute approximate surface area is 208 Å². The molecule has 35 heavy (non-hydrogen) atoms. The molecule has 0 saturated heterocycles. The van der Waals surface area contributed by atoms with Crippen molar-refractivity contribution in [2.24, 2.45) is 0 Å². The van der Waals surface area contributed by atoms with E-state index in [2.05, 4.69) is 10.4 Å². The SMILES string of the molecule is COc1cccc(Cn2nc(C)c(/C=C/C(=O)OC(C)C(=O)c3ccc(NC(C)=O)cc3)c2Cl)c1. The molecular weight excluding hydrogens is 470 g/mol. The van der Waals surface area contributed by atoms with Crippen LogP contribution >= 0.6 is 11.6 Å². The Morgan fingerprint density at radius 1 is 1.17 bits per heavy atom. The van der Waals surface area contributed by atoms with Crippen LogP contribution in [0.3, 0.4) is 0 Å². The second-order valence-corrected chi connectivity index (χ2v) is 8.19. The molecule has 9 heteroatoms. The van der Waals surface area contributed by atoms with Crippen molar-refractivity contribution in [2.45, 2.75) is 33.4 Å². The lowest BCUT2D eigenvalue weighted by Crippen LogP contribution is -2.23. The van der Waals surface area contributed by atoms with E-state index in [9.17, 15) is 14.4 Å². The quantitative estimate of drug-likeness (QED) is 0.263. The fourth-order valence-electron chi connectivity index (χ4n) is 3.38. The lowest BCUT2D eigenvalue weighted by atomic mass is 10.1. The topological polar surface area (TPSA) is 99.5 Å². The Morgan fingerprint density at radius 3 is 2.54 bits per heavy atom. The zero-order chi connectivity index (χ0) is 25.5. The average Bonchev–Trinajstić information content (AvgIpc) is 3.09. The van der Waals surface area contributed by atoms with Crippen molar-refractivity contribution in [1.82, 2.24) is 9.78 Å². The summed E-state index contributed by atoms with van der Waals surface area (Å²) in [5.41, 5.74) is 3.12. The van der Waals surface area contributed by atoms with E-state index < -0.39 is 12.1 Å². The molecule has 3 rings (SSSR count). The number of anilines is 1. The van der Waals surface area contributed by atoms with Gasteiger partial charge in [0.15, 0.2) is 6.10 Å². The number of carbonyl (C=O) groups excluding carboxylic acids is 3. The molecule has 0 fully saturated rings. The van der Waals surface area contributed by atoms with Crippen molar-refractivity contribution in [1.29, 1.82) is 0 Å². The molecule has 0 aliphatic heterocycles. The summed E-state index contributed by atoms with van der Waals surface area (Å²) < 4.78 is 12.1. The molecule has 1 unspecified atom stereocenters. The summed E-state index contributed by atoms with van der Waals surface area (Å²) in [6.07, 6.45) is 1.75. The van der Waals surface area contributed by atoms with Gasteiger partial charge in [-0.15, -0.1) is 0 Å². The molecule has 3 aromatic rings. The number of Topliss-reactive ketones (excluding diaryl/α,β-unsaturated/α-hetero) is 1. The van der Waals surface area contributed by atoms with E-state index in [-0.39, 0.29) is 11.7 Å². The third-order valence-electron chi connectivity index (χ3n) is 5.11. The highest BCUT2D eigenvalue weighted by Gasteiger charge is 2.19. The molecule has 8 nitrogen and oxygen atoms in total. The first-order valence-corrected chi connectivity index (χ1v) is 11.2. The molecule has 182 valence electrons. The first-order chi connectivity index (χ1) is 16.7. The molecule has 0 radical (unpaired) electrons. The van der Waals surface area contributed by atoms with Gasteiger partial charge in [-0.2, -0.15) is 5.10 Å². The number of ether oxygens (including phenoxy) is 2. The van der Waals surface area contributed by atoms with Crippen molar-refractivity contribution in [3.8, 4) is 5.75 Å². The molecule has 1 aromatic heterocycles. The summed E-state index contributed by atoms with van der Waals surface area (Å²) in [6, 6.07) is 13.9. The third kappa shape index (κ3) is 6.80. The standard InChI is InChI=1S/C26H26ClN3O5/c1-16-23(26(27)30(29-16)15-19-6-5-7-22(14-19)34-4)12-13-24(32)35-17(2)25(33)20-8-10-21(11-9-20)28-18(3)31/h5-14,17H,15H2,1-4H3,(H,28,31)/b13-12+. The van der Waals surface area contributed by atoms with Gasteiger partial charge in [-0.25, -0.2) is 9.48 Å². The number of rotatable bonds is 9. The number of methoxy groups -OCH3 is 1. The number of hydrogen-bond acceptors (Lipinski definition) is 6. The molecular formula is C26H26ClN3O5.